The molecule has 0 radical (unpaired) electrons. The third-order valence-corrected chi connectivity index (χ3v) is 4.87. The Hall–Kier alpha value is -4.66. The minimum absolute atomic E-state index is 0.123. The molecule has 9 heteroatoms. The Balaban J connectivity index is 1.43. The third kappa shape index (κ3) is 7.71. The lowest BCUT2D eigenvalue weighted by atomic mass is 10.1. The molecule has 3 rings (SSSR count). The number of methoxy groups -OCH3 is 1. The van der Waals surface area contributed by atoms with Crippen molar-refractivity contribution in [2.24, 2.45) is 5.10 Å². The Morgan fingerprint density at radius 2 is 1.60 bits per heavy atom. The number of hydrogen-bond acceptors (Lipinski definition) is 6. The molecule has 3 aromatic rings. The maximum Gasteiger partial charge on any atom is 0.329 e. The van der Waals surface area contributed by atoms with Crippen molar-refractivity contribution in [1.82, 2.24) is 10.7 Å². The van der Waals surface area contributed by atoms with Gasteiger partial charge in [-0.2, -0.15) is 5.10 Å². The van der Waals surface area contributed by atoms with Crippen molar-refractivity contribution in [1.29, 1.82) is 0 Å². The normalized spacial score (nSPS) is 11.4. The van der Waals surface area contributed by atoms with Crippen LogP contribution in [0.5, 0.6) is 11.5 Å². The molecule has 3 aromatic carbocycles. The molecule has 0 bridgehead atoms. The van der Waals surface area contributed by atoms with E-state index in [1.807, 2.05) is 37.3 Å². The number of hydrazone groups is 1. The predicted molar refractivity (Wildman–Crippen MR) is 132 cm³/mol. The molecule has 0 aliphatic rings. The molecule has 0 aromatic heterocycles. The summed E-state index contributed by atoms with van der Waals surface area (Å²) < 4.78 is 10.7. The number of carbonyl (C=O) groups excluding carboxylic acids is 3. The van der Waals surface area contributed by atoms with Gasteiger partial charge in [0.2, 0.25) is 0 Å². The topological polar surface area (TPSA) is 118 Å². The van der Waals surface area contributed by atoms with Crippen LogP contribution in [-0.4, -0.2) is 37.7 Å². The Labute approximate surface area is 203 Å². The fraction of sp³-hybridized carbons (Fsp3) is 0.154. The molecule has 3 amide bonds. The molecule has 0 aliphatic carbocycles. The summed E-state index contributed by atoms with van der Waals surface area (Å²) in [7, 11) is 1.47. The van der Waals surface area contributed by atoms with E-state index in [-0.39, 0.29) is 18.6 Å². The third-order valence-electron chi connectivity index (χ3n) is 4.87. The highest BCUT2D eigenvalue weighted by molar-refractivity contribution is 6.39. The lowest BCUT2D eigenvalue weighted by Crippen LogP contribution is -2.32. The van der Waals surface area contributed by atoms with Gasteiger partial charge in [-0.3, -0.25) is 14.4 Å². The zero-order chi connectivity index (χ0) is 25.0. The quantitative estimate of drug-likeness (QED) is 0.250. The van der Waals surface area contributed by atoms with Crippen LogP contribution in [0.4, 0.5) is 5.69 Å². The lowest BCUT2D eigenvalue weighted by molar-refractivity contribution is -0.136. The monoisotopic (exact) mass is 474 g/mol. The summed E-state index contributed by atoms with van der Waals surface area (Å²) in [4.78, 5) is 36.2. The smallest absolute Gasteiger partial charge is 0.329 e. The van der Waals surface area contributed by atoms with Crippen molar-refractivity contribution >= 4 is 29.6 Å². The van der Waals surface area contributed by atoms with E-state index in [0.29, 0.717) is 22.7 Å². The van der Waals surface area contributed by atoms with Gasteiger partial charge in [0.1, 0.15) is 11.5 Å². The van der Waals surface area contributed by atoms with Crippen LogP contribution in [-0.2, 0) is 14.4 Å². The maximum atomic E-state index is 12.1. The molecular formula is C26H26N4O5. The average Bonchev–Trinajstić information content (AvgIpc) is 2.89. The van der Waals surface area contributed by atoms with Gasteiger partial charge in [-0.15, -0.1) is 0 Å². The summed E-state index contributed by atoms with van der Waals surface area (Å²) in [5.74, 6) is -1.10. The van der Waals surface area contributed by atoms with Gasteiger partial charge < -0.3 is 20.1 Å². The van der Waals surface area contributed by atoms with E-state index in [9.17, 15) is 14.4 Å². The molecule has 180 valence electrons. The standard InChI is InChI=1S/C26H26N4O5/c1-18(20-8-4-3-5-9-20)28-24(31)17-35-21-14-12-19(13-15-21)16-27-30-26(33)25(32)29-22-10-6-7-11-23(22)34-2/h3-16,18H,17H2,1-2H3,(H,28,31)(H,29,32)(H,30,33)/b27-16-/t18-/m1/s1. The number of benzene rings is 3. The van der Waals surface area contributed by atoms with Gasteiger partial charge in [0.05, 0.1) is 25.1 Å². The minimum atomic E-state index is -0.928. The molecular weight excluding hydrogens is 448 g/mol. The number of rotatable bonds is 9. The van der Waals surface area contributed by atoms with Crippen LogP contribution in [0.2, 0.25) is 0 Å². The van der Waals surface area contributed by atoms with Gasteiger partial charge in [-0.05, 0) is 54.4 Å². The van der Waals surface area contributed by atoms with Crippen LogP contribution in [0.1, 0.15) is 24.1 Å². The van der Waals surface area contributed by atoms with Crippen molar-refractivity contribution in [2.45, 2.75) is 13.0 Å². The van der Waals surface area contributed by atoms with Gasteiger partial charge >= 0.3 is 11.8 Å². The number of nitrogens with zero attached hydrogens (tertiary/aromatic N) is 1. The molecule has 3 N–H and O–H groups in total. The number of amides is 3. The van der Waals surface area contributed by atoms with Crippen LogP contribution in [0.25, 0.3) is 0 Å². The molecule has 0 heterocycles. The number of carbonyl (C=O) groups is 3. The molecule has 0 aliphatic heterocycles. The van der Waals surface area contributed by atoms with Crippen LogP contribution in [0, 0.1) is 0 Å². The summed E-state index contributed by atoms with van der Waals surface area (Å²) in [6.45, 7) is 1.78. The molecule has 9 nitrogen and oxygen atoms in total. The number of anilines is 1. The van der Waals surface area contributed by atoms with E-state index in [1.165, 1.54) is 13.3 Å². The van der Waals surface area contributed by atoms with Gasteiger partial charge in [0.15, 0.2) is 6.61 Å². The van der Waals surface area contributed by atoms with E-state index in [2.05, 4.69) is 21.2 Å². The second kappa shape index (κ2) is 12.5. The van der Waals surface area contributed by atoms with Crippen LogP contribution >= 0.6 is 0 Å². The molecule has 35 heavy (non-hydrogen) atoms. The van der Waals surface area contributed by atoms with E-state index in [4.69, 9.17) is 9.47 Å². The Morgan fingerprint density at radius 1 is 0.914 bits per heavy atom. The largest absolute Gasteiger partial charge is 0.495 e. The van der Waals surface area contributed by atoms with Crippen LogP contribution in [0.15, 0.2) is 84.0 Å². The van der Waals surface area contributed by atoms with Gasteiger partial charge in [-0.1, -0.05) is 42.5 Å². The van der Waals surface area contributed by atoms with Crippen molar-refractivity contribution in [3.8, 4) is 11.5 Å². The Bertz CT molecular complexity index is 1180. The highest BCUT2D eigenvalue weighted by Crippen LogP contribution is 2.22. The number of para-hydroxylation sites is 2. The zero-order valence-electron chi connectivity index (χ0n) is 19.4. The van der Waals surface area contributed by atoms with Crippen LogP contribution < -0.4 is 25.5 Å². The minimum Gasteiger partial charge on any atom is -0.495 e. The molecule has 0 unspecified atom stereocenters. The summed E-state index contributed by atoms with van der Waals surface area (Å²) in [5, 5.41) is 9.13. The Morgan fingerprint density at radius 3 is 2.31 bits per heavy atom. The summed E-state index contributed by atoms with van der Waals surface area (Å²) in [6, 6.07) is 23.0. The average molecular weight is 475 g/mol. The first kappa shape index (κ1) is 25.0. The predicted octanol–water partition coefficient (Wildman–Crippen LogP) is 3.04. The molecule has 0 fully saturated rings. The maximum absolute atomic E-state index is 12.1. The lowest BCUT2D eigenvalue weighted by Gasteiger charge is -2.14. The first-order valence-electron chi connectivity index (χ1n) is 10.8. The number of hydrogen-bond donors (Lipinski definition) is 3. The number of nitrogens with one attached hydrogen (secondary N) is 3. The van der Waals surface area contributed by atoms with Crippen molar-refractivity contribution in [2.75, 3.05) is 19.0 Å². The SMILES string of the molecule is COc1ccccc1NC(=O)C(=O)N/N=C\c1ccc(OCC(=O)N[C@H](C)c2ccccc2)cc1. The summed E-state index contributed by atoms with van der Waals surface area (Å²) in [5.41, 5.74) is 4.21. The van der Waals surface area contributed by atoms with Gasteiger partial charge in [-0.25, -0.2) is 5.43 Å². The van der Waals surface area contributed by atoms with E-state index in [0.717, 1.165) is 5.56 Å². The van der Waals surface area contributed by atoms with Crippen molar-refractivity contribution < 1.29 is 23.9 Å². The van der Waals surface area contributed by atoms with Gasteiger partial charge in [0, 0.05) is 0 Å². The molecule has 0 saturated heterocycles. The fourth-order valence-electron chi connectivity index (χ4n) is 3.05. The highest BCUT2D eigenvalue weighted by Gasteiger charge is 2.15. The second-order valence-corrected chi connectivity index (χ2v) is 7.41. The number of ether oxygens (including phenoxy) is 2. The first-order chi connectivity index (χ1) is 17.0. The van der Waals surface area contributed by atoms with E-state index < -0.39 is 11.8 Å². The molecule has 1 atom stereocenters. The summed E-state index contributed by atoms with van der Waals surface area (Å²) in [6.07, 6.45) is 1.38. The summed E-state index contributed by atoms with van der Waals surface area (Å²) >= 11 is 0. The van der Waals surface area contributed by atoms with Crippen molar-refractivity contribution in [3.63, 3.8) is 0 Å². The van der Waals surface area contributed by atoms with E-state index >= 15 is 0 Å². The Kier molecular flexibility index (Phi) is 8.95. The zero-order valence-corrected chi connectivity index (χ0v) is 19.4. The highest BCUT2D eigenvalue weighted by atomic mass is 16.5. The first-order valence-corrected chi connectivity index (χ1v) is 10.8. The van der Waals surface area contributed by atoms with Gasteiger partial charge in [0.25, 0.3) is 5.91 Å². The molecule has 0 spiro atoms. The fourth-order valence-corrected chi connectivity index (χ4v) is 3.05. The van der Waals surface area contributed by atoms with E-state index in [1.54, 1.807) is 48.5 Å². The van der Waals surface area contributed by atoms with Crippen LogP contribution in [0.3, 0.4) is 0 Å². The molecule has 0 saturated carbocycles. The second-order valence-electron chi connectivity index (χ2n) is 7.41. The van der Waals surface area contributed by atoms with Crippen molar-refractivity contribution in [3.05, 3.63) is 90.0 Å².